The van der Waals surface area contributed by atoms with Crippen LogP contribution in [0.1, 0.15) is 28.9 Å². The second-order valence-electron chi connectivity index (χ2n) is 7.30. The Kier molecular flexibility index (Phi) is 5.69. The molecule has 29 heavy (non-hydrogen) atoms. The Morgan fingerprint density at radius 3 is 2.83 bits per heavy atom. The minimum Gasteiger partial charge on any atom is -0.484 e. The van der Waals surface area contributed by atoms with E-state index in [1.165, 1.54) is 0 Å². The van der Waals surface area contributed by atoms with Crippen molar-refractivity contribution in [2.24, 2.45) is 0 Å². The molecule has 7 nitrogen and oxygen atoms in total. The molecule has 2 aliphatic heterocycles. The third-order valence-electron chi connectivity index (χ3n) is 5.20. The predicted molar refractivity (Wildman–Crippen MR) is 107 cm³/mol. The van der Waals surface area contributed by atoms with Crippen molar-refractivity contribution in [2.45, 2.75) is 25.0 Å². The van der Waals surface area contributed by atoms with Crippen LogP contribution in [0.4, 0.5) is 0 Å². The van der Waals surface area contributed by atoms with Crippen LogP contribution in [0, 0.1) is 0 Å². The van der Waals surface area contributed by atoms with Crippen LogP contribution in [0.5, 0.6) is 5.75 Å². The van der Waals surface area contributed by atoms with Crippen molar-refractivity contribution >= 4 is 23.4 Å². The zero-order valence-electron chi connectivity index (χ0n) is 15.9. The van der Waals surface area contributed by atoms with Gasteiger partial charge in [0.1, 0.15) is 17.9 Å². The van der Waals surface area contributed by atoms with Gasteiger partial charge in [0.2, 0.25) is 5.91 Å². The van der Waals surface area contributed by atoms with E-state index in [4.69, 9.17) is 21.1 Å². The van der Waals surface area contributed by atoms with E-state index in [1.54, 1.807) is 29.3 Å². The van der Waals surface area contributed by atoms with E-state index >= 15 is 0 Å². The molecule has 1 aromatic heterocycles. The van der Waals surface area contributed by atoms with Gasteiger partial charge >= 0.3 is 0 Å². The molecule has 0 saturated carbocycles. The second kappa shape index (κ2) is 8.39. The Balaban J connectivity index is 1.54. The number of aromatic nitrogens is 1. The lowest BCUT2D eigenvalue weighted by Crippen LogP contribution is -2.52. The van der Waals surface area contributed by atoms with Gasteiger partial charge in [-0.2, -0.15) is 0 Å². The number of pyridine rings is 1. The summed E-state index contributed by atoms with van der Waals surface area (Å²) in [5.74, 6) is -0.0202. The van der Waals surface area contributed by atoms with Gasteiger partial charge in [-0.3, -0.25) is 14.6 Å². The maximum absolute atomic E-state index is 13.2. The average Bonchev–Trinajstić information content (AvgIpc) is 2.83. The normalized spacial score (nSPS) is 18.0. The lowest BCUT2D eigenvalue weighted by Gasteiger charge is -2.38. The Hall–Kier alpha value is -2.64. The van der Waals surface area contributed by atoms with Crippen LogP contribution < -0.4 is 10.1 Å². The summed E-state index contributed by atoms with van der Waals surface area (Å²) in [4.78, 5) is 31.5. The van der Waals surface area contributed by atoms with Gasteiger partial charge in [-0.25, -0.2) is 0 Å². The molecule has 1 spiro atoms. The molecular weight excluding hydrogens is 394 g/mol. The summed E-state index contributed by atoms with van der Waals surface area (Å²) < 4.78 is 11.8. The van der Waals surface area contributed by atoms with Crippen molar-refractivity contribution in [3.8, 4) is 5.75 Å². The molecule has 4 rings (SSSR count). The summed E-state index contributed by atoms with van der Waals surface area (Å²) in [6.45, 7) is 1.66. The minimum absolute atomic E-state index is 0.0659. The van der Waals surface area contributed by atoms with Gasteiger partial charge in [-0.05, 0) is 30.3 Å². The van der Waals surface area contributed by atoms with Crippen LogP contribution in [0.15, 0.2) is 42.6 Å². The molecule has 0 unspecified atom stereocenters. The predicted octanol–water partition coefficient (Wildman–Crippen LogP) is 2.44. The molecule has 3 heterocycles. The van der Waals surface area contributed by atoms with E-state index in [0.29, 0.717) is 55.5 Å². The van der Waals surface area contributed by atoms with Crippen molar-refractivity contribution < 1.29 is 19.1 Å². The van der Waals surface area contributed by atoms with Gasteiger partial charge < -0.3 is 19.7 Å². The summed E-state index contributed by atoms with van der Waals surface area (Å²) in [6.07, 6.45) is 2.97. The number of carbonyl (C=O) groups excluding carboxylic acids is 2. The lowest BCUT2D eigenvalue weighted by molar-refractivity contribution is -0.122. The number of halogens is 1. The second-order valence-corrected chi connectivity index (χ2v) is 7.73. The van der Waals surface area contributed by atoms with E-state index in [9.17, 15) is 9.59 Å². The van der Waals surface area contributed by atoms with Crippen LogP contribution in [-0.4, -0.2) is 53.6 Å². The number of nitrogens with zero attached hydrogens (tertiary/aromatic N) is 2. The first kappa shape index (κ1) is 19.7. The highest BCUT2D eigenvalue weighted by Gasteiger charge is 2.42. The topological polar surface area (TPSA) is 80.8 Å². The molecule has 2 amide bonds. The van der Waals surface area contributed by atoms with E-state index in [-0.39, 0.29) is 18.4 Å². The molecule has 0 aliphatic carbocycles. The van der Waals surface area contributed by atoms with Gasteiger partial charge in [-0.1, -0.05) is 17.7 Å². The number of hydrogen-bond acceptors (Lipinski definition) is 5. The van der Waals surface area contributed by atoms with Crippen molar-refractivity contribution in [3.05, 3.63) is 58.9 Å². The highest BCUT2D eigenvalue weighted by Crippen LogP contribution is 2.36. The van der Waals surface area contributed by atoms with Crippen LogP contribution in [0.2, 0.25) is 5.02 Å². The number of nitrogens with one attached hydrogen (secondary N) is 1. The first-order valence-electron chi connectivity index (χ1n) is 9.57. The average molecular weight is 416 g/mol. The number of benzene rings is 1. The summed E-state index contributed by atoms with van der Waals surface area (Å²) in [7, 11) is 0. The van der Waals surface area contributed by atoms with Crippen molar-refractivity contribution in [3.63, 3.8) is 0 Å². The fourth-order valence-corrected chi connectivity index (χ4v) is 3.84. The van der Waals surface area contributed by atoms with Crippen LogP contribution in [0.3, 0.4) is 0 Å². The standard InChI is InChI=1S/C21H22ClN3O4/c22-15-4-5-18-17(11-15)20(27)25(14-21(29-18)6-9-28-10-7-21)13-19(26)24-12-16-3-1-2-8-23-16/h1-5,8,11H,6-7,9-10,12-14H2,(H,24,26). The highest BCUT2D eigenvalue weighted by molar-refractivity contribution is 6.31. The summed E-state index contributed by atoms with van der Waals surface area (Å²) in [6, 6.07) is 10.5. The number of hydrogen-bond donors (Lipinski definition) is 1. The monoisotopic (exact) mass is 415 g/mol. The summed E-state index contributed by atoms with van der Waals surface area (Å²) in [5, 5.41) is 3.27. The summed E-state index contributed by atoms with van der Waals surface area (Å²) in [5.41, 5.74) is 0.552. The molecule has 2 aromatic rings. The minimum atomic E-state index is -0.575. The van der Waals surface area contributed by atoms with E-state index in [2.05, 4.69) is 10.3 Å². The molecule has 1 saturated heterocycles. The first-order valence-corrected chi connectivity index (χ1v) is 9.95. The van der Waals surface area contributed by atoms with Gasteiger partial charge in [0, 0.05) is 24.1 Å². The maximum Gasteiger partial charge on any atom is 0.258 e. The molecule has 0 bridgehead atoms. The Labute approximate surface area is 174 Å². The highest BCUT2D eigenvalue weighted by atomic mass is 35.5. The Morgan fingerprint density at radius 1 is 1.24 bits per heavy atom. The quantitative estimate of drug-likeness (QED) is 0.829. The number of ether oxygens (including phenoxy) is 2. The van der Waals surface area contributed by atoms with Gasteiger partial charge in [0.25, 0.3) is 5.91 Å². The molecule has 0 atom stereocenters. The Morgan fingerprint density at radius 2 is 2.07 bits per heavy atom. The fraction of sp³-hybridized carbons (Fsp3) is 0.381. The summed E-state index contributed by atoms with van der Waals surface area (Å²) >= 11 is 6.11. The van der Waals surface area contributed by atoms with E-state index in [1.807, 2.05) is 18.2 Å². The first-order chi connectivity index (χ1) is 14.0. The Bertz CT molecular complexity index is 900. The maximum atomic E-state index is 13.2. The zero-order valence-corrected chi connectivity index (χ0v) is 16.7. The molecule has 8 heteroatoms. The molecule has 0 radical (unpaired) electrons. The largest absolute Gasteiger partial charge is 0.484 e. The smallest absolute Gasteiger partial charge is 0.258 e. The lowest BCUT2D eigenvalue weighted by atomic mass is 9.93. The molecule has 1 N–H and O–H groups in total. The number of carbonyl (C=O) groups is 2. The fourth-order valence-electron chi connectivity index (χ4n) is 3.67. The molecule has 1 fully saturated rings. The van der Waals surface area contributed by atoms with Crippen LogP contribution in [-0.2, 0) is 16.1 Å². The van der Waals surface area contributed by atoms with Crippen LogP contribution in [0.25, 0.3) is 0 Å². The van der Waals surface area contributed by atoms with Gasteiger partial charge in [-0.15, -0.1) is 0 Å². The van der Waals surface area contributed by atoms with Crippen molar-refractivity contribution in [1.29, 1.82) is 0 Å². The number of amides is 2. The molecule has 1 aromatic carbocycles. The number of rotatable bonds is 4. The molecule has 152 valence electrons. The number of fused-ring (bicyclic) bond motifs is 1. The molecule has 2 aliphatic rings. The van der Waals surface area contributed by atoms with Crippen molar-refractivity contribution in [2.75, 3.05) is 26.3 Å². The third-order valence-corrected chi connectivity index (χ3v) is 5.43. The van der Waals surface area contributed by atoms with Crippen LogP contribution >= 0.6 is 11.6 Å². The van der Waals surface area contributed by atoms with Gasteiger partial charge in [0.05, 0.1) is 37.6 Å². The van der Waals surface area contributed by atoms with Gasteiger partial charge in [0.15, 0.2) is 0 Å². The van der Waals surface area contributed by atoms with Crippen molar-refractivity contribution in [1.82, 2.24) is 15.2 Å². The van der Waals surface area contributed by atoms with E-state index in [0.717, 1.165) is 5.69 Å². The SMILES string of the molecule is O=C(CN1CC2(CCOCC2)Oc2ccc(Cl)cc2C1=O)NCc1ccccn1. The third kappa shape index (κ3) is 4.52. The molecular formula is C21H22ClN3O4. The van der Waals surface area contributed by atoms with E-state index < -0.39 is 5.60 Å². The zero-order chi connectivity index (χ0) is 20.3.